The molecule has 1 aromatic carbocycles. The van der Waals surface area contributed by atoms with Crippen molar-refractivity contribution < 1.29 is 31.9 Å². The fraction of sp³-hybridized carbons (Fsp3) is 0.417. The number of halogens is 5. The quantitative estimate of drug-likeness (QED) is 0.509. The molecule has 2 N–H and O–H groups in total. The van der Waals surface area contributed by atoms with Gasteiger partial charge in [-0.3, -0.25) is 4.79 Å². The molecule has 8 heteroatoms. The van der Waals surface area contributed by atoms with E-state index < -0.39 is 46.2 Å². The maximum Gasteiger partial charge on any atom is 0.257 e. The largest absolute Gasteiger partial charge is 0.388 e. The van der Waals surface area contributed by atoms with Crippen molar-refractivity contribution in [3.63, 3.8) is 0 Å². The number of nitrogens with one attached hydrogen (secondary N) is 1. The third kappa shape index (κ3) is 2.35. The van der Waals surface area contributed by atoms with Gasteiger partial charge in [-0.05, 0) is 19.3 Å². The highest BCUT2D eigenvalue weighted by molar-refractivity contribution is 5.94. The van der Waals surface area contributed by atoms with Crippen molar-refractivity contribution in [2.24, 2.45) is 0 Å². The molecule has 1 fully saturated rings. The monoisotopic (exact) mass is 295 g/mol. The van der Waals surface area contributed by atoms with Crippen LogP contribution in [0.4, 0.5) is 22.0 Å². The van der Waals surface area contributed by atoms with Gasteiger partial charge >= 0.3 is 0 Å². The van der Waals surface area contributed by atoms with Gasteiger partial charge in [-0.25, -0.2) is 22.0 Å². The van der Waals surface area contributed by atoms with Crippen molar-refractivity contribution in [2.75, 3.05) is 6.54 Å². The molecule has 1 aliphatic rings. The van der Waals surface area contributed by atoms with E-state index in [9.17, 15) is 31.9 Å². The van der Waals surface area contributed by atoms with Gasteiger partial charge in [0.15, 0.2) is 23.3 Å². The van der Waals surface area contributed by atoms with E-state index in [1.165, 1.54) is 0 Å². The number of benzene rings is 1. The van der Waals surface area contributed by atoms with Crippen LogP contribution in [0.5, 0.6) is 0 Å². The summed E-state index contributed by atoms with van der Waals surface area (Å²) in [6.07, 6.45) is 1.52. The van der Waals surface area contributed by atoms with E-state index in [0.29, 0.717) is 12.8 Å². The number of carbonyl (C=O) groups is 1. The Bertz CT molecular complexity index is 542. The van der Waals surface area contributed by atoms with Crippen molar-refractivity contribution in [3.8, 4) is 0 Å². The van der Waals surface area contributed by atoms with Gasteiger partial charge in [0.1, 0.15) is 5.56 Å². The van der Waals surface area contributed by atoms with Crippen molar-refractivity contribution in [3.05, 3.63) is 34.6 Å². The SMILES string of the molecule is O=C(NCC1(O)CCC1)c1c(F)c(F)c(F)c(F)c1F. The predicted molar refractivity (Wildman–Crippen MR) is 57.4 cm³/mol. The molecule has 20 heavy (non-hydrogen) atoms. The minimum Gasteiger partial charge on any atom is -0.388 e. The van der Waals surface area contributed by atoms with Crippen molar-refractivity contribution in [1.29, 1.82) is 0 Å². The fourth-order valence-electron chi connectivity index (χ4n) is 1.90. The second-order valence-corrected chi connectivity index (χ2v) is 4.71. The Morgan fingerprint density at radius 1 is 1.00 bits per heavy atom. The smallest absolute Gasteiger partial charge is 0.257 e. The summed E-state index contributed by atoms with van der Waals surface area (Å²) in [4.78, 5) is 11.5. The predicted octanol–water partition coefficient (Wildman–Crippen LogP) is 2.03. The van der Waals surface area contributed by atoms with Crippen LogP contribution in [-0.2, 0) is 0 Å². The third-order valence-corrected chi connectivity index (χ3v) is 3.30. The lowest BCUT2D eigenvalue weighted by molar-refractivity contribution is -0.0301. The first-order chi connectivity index (χ1) is 9.27. The van der Waals surface area contributed by atoms with E-state index >= 15 is 0 Å². The van der Waals surface area contributed by atoms with Crippen LogP contribution in [0.1, 0.15) is 29.6 Å². The molecule has 0 spiro atoms. The van der Waals surface area contributed by atoms with E-state index in [4.69, 9.17) is 0 Å². The highest BCUT2D eigenvalue weighted by Gasteiger charge is 2.36. The summed E-state index contributed by atoms with van der Waals surface area (Å²) in [5.41, 5.74) is -2.73. The van der Waals surface area contributed by atoms with Crippen LogP contribution >= 0.6 is 0 Å². The molecular formula is C12H10F5NO2. The summed E-state index contributed by atoms with van der Waals surface area (Å²) in [7, 11) is 0. The minimum atomic E-state index is -2.32. The number of hydrogen-bond donors (Lipinski definition) is 2. The van der Waals surface area contributed by atoms with E-state index in [2.05, 4.69) is 0 Å². The van der Waals surface area contributed by atoms with Crippen LogP contribution in [0.25, 0.3) is 0 Å². The molecule has 3 nitrogen and oxygen atoms in total. The molecule has 1 amide bonds. The van der Waals surface area contributed by atoms with Crippen LogP contribution in [0.3, 0.4) is 0 Å². The maximum atomic E-state index is 13.3. The van der Waals surface area contributed by atoms with Gasteiger partial charge in [-0.1, -0.05) is 0 Å². The Balaban J connectivity index is 2.26. The highest BCUT2D eigenvalue weighted by Crippen LogP contribution is 2.31. The lowest BCUT2D eigenvalue weighted by Crippen LogP contribution is -2.48. The summed E-state index contributed by atoms with van der Waals surface area (Å²) >= 11 is 0. The van der Waals surface area contributed by atoms with Gasteiger partial charge in [0.25, 0.3) is 5.91 Å². The minimum absolute atomic E-state index is 0.314. The summed E-state index contributed by atoms with van der Waals surface area (Å²) < 4.78 is 65.3. The molecule has 2 rings (SSSR count). The molecule has 0 aromatic heterocycles. The molecule has 110 valence electrons. The van der Waals surface area contributed by atoms with Crippen molar-refractivity contribution in [1.82, 2.24) is 5.32 Å². The maximum absolute atomic E-state index is 13.3. The van der Waals surface area contributed by atoms with E-state index in [1.807, 2.05) is 5.32 Å². The van der Waals surface area contributed by atoms with Gasteiger partial charge in [-0.2, -0.15) is 0 Å². The van der Waals surface area contributed by atoms with Gasteiger partial charge < -0.3 is 10.4 Å². The number of amides is 1. The van der Waals surface area contributed by atoms with Crippen LogP contribution in [-0.4, -0.2) is 23.2 Å². The van der Waals surface area contributed by atoms with Gasteiger partial charge in [0.05, 0.1) is 5.60 Å². The topological polar surface area (TPSA) is 49.3 Å². The second-order valence-electron chi connectivity index (χ2n) is 4.71. The average molecular weight is 295 g/mol. The van der Waals surface area contributed by atoms with Crippen LogP contribution in [0, 0.1) is 29.1 Å². The van der Waals surface area contributed by atoms with Crippen molar-refractivity contribution in [2.45, 2.75) is 24.9 Å². The van der Waals surface area contributed by atoms with Gasteiger partial charge in [0.2, 0.25) is 5.82 Å². The Labute approximate surface area is 110 Å². The van der Waals surface area contributed by atoms with Crippen LogP contribution in [0.2, 0.25) is 0 Å². The highest BCUT2D eigenvalue weighted by atomic mass is 19.2. The standard InChI is InChI=1S/C12H10F5NO2/c13-6-5(7(14)9(16)10(17)8(6)15)11(19)18-4-12(20)2-1-3-12/h20H,1-4H2,(H,18,19). The van der Waals surface area contributed by atoms with E-state index in [1.54, 1.807) is 0 Å². The normalized spacial score (nSPS) is 16.7. The van der Waals surface area contributed by atoms with Crippen LogP contribution < -0.4 is 5.32 Å². The zero-order valence-electron chi connectivity index (χ0n) is 10.1. The van der Waals surface area contributed by atoms with E-state index in [0.717, 1.165) is 6.42 Å². The second kappa shape index (κ2) is 5.01. The molecule has 0 saturated heterocycles. The third-order valence-electron chi connectivity index (χ3n) is 3.30. The molecular weight excluding hydrogens is 285 g/mol. The Morgan fingerprint density at radius 3 is 1.85 bits per heavy atom. The Kier molecular flexibility index (Phi) is 3.68. The molecule has 0 radical (unpaired) electrons. The average Bonchev–Trinajstić information content (AvgIpc) is 2.38. The van der Waals surface area contributed by atoms with Crippen molar-refractivity contribution >= 4 is 5.91 Å². The number of carbonyl (C=O) groups excluding carboxylic acids is 1. The van der Waals surface area contributed by atoms with E-state index in [-0.39, 0.29) is 6.54 Å². The van der Waals surface area contributed by atoms with Crippen LogP contribution in [0.15, 0.2) is 0 Å². The summed E-state index contributed by atoms with van der Waals surface area (Å²) in [6, 6.07) is 0. The molecule has 1 aliphatic carbocycles. The molecule has 0 unspecified atom stereocenters. The molecule has 1 saturated carbocycles. The molecule has 0 heterocycles. The first-order valence-corrected chi connectivity index (χ1v) is 5.79. The lowest BCUT2D eigenvalue weighted by atomic mass is 9.80. The molecule has 0 atom stereocenters. The number of hydrogen-bond acceptors (Lipinski definition) is 2. The Hall–Kier alpha value is -1.70. The summed E-state index contributed by atoms with van der Waals surface area (Å²) in [5.74, 6) is -12.5. The summed E-state index contributed by atoms with van der Waals surface area (Å²) in [6.45, 7) is -0.314. The lowest BCUT2D eigenvalue weighted by Gasteiger charge is -2.36. The molecule has 0 bridgehead atoms. The van der Waals surface area contributed by atoms with Gasteiger partial charge in [-0.15, -0.1) is 0 Å². The molecule has 0 aliphatic heterocycles. The number of rotatable bonds is 3. The zero-order valence-corrected chi connectivity index (χ0v) is 10.1. The molecule has 1 aromatic rings. The fourth-order valence-corrected chi connectivity index (χ4v) is 1.90. The number of aliphatic hydroxyl groups is 1. The zero-order chi connectivity index (χ0) is 15.1. The first kappa shape index (κ1) is 14.7. The Morgan fingerprint density at radius 2 is 1.45 bits per heavy atom. The van der Waals surface area contributed by atoms with Gasteiger partial charge in [0, 0.05) is 6.54 Å². The first-order valence-electron chi connectivity index (χ1n) is 5.79. The summed E-state index contributed by atoms with van der Waals surface area (Å²) in [5, 5.41) is 11.7.